The summed E-state index contributed by atoms with van der Waals surface area (Å²) in [6.45, 7) is 9.88. The van der Waals surface area contributed by atoms with Gasteiger partial charge in [0.15, 0.2) is 0 Å². The van der Waals surface area contributed by atoms with Gasteiger partial charge in [-0.15, -0.1) is 5.10 Å². The maximum absolute atomic E-state index is 5.83. The van der Waals surface area contributed by atoms with E-state index in [1.54, 1.807) is 0 Å². The summed E-state index contributed by atoms with van der Waals surface area (Å²) in [6, 6.07) is 3.94. The Labute approximate surface area is 119 Å². The van der Waals surface area contributed by atoms with Crippen LogP contribution < -0.4 is 10.1 Å². The molecule has 20 heavy (non-hydrogen) atoms. The van der Waals surface area contributed by atoms with Gasteiger partial charge < -0.3 is 10.1 Å². The molecule has 0 radical (unpaired) electrons. The highest BCUT2D eigenvalue weighted by atomic mass is 16.5. The van der Waals surface area contributed by atoms with Crippen molar-refractivity contribution in [2.45, 2.75) is 40.7 Å². The molecule has 5 heteroatoms. The maximum Gasteiger partial charge on any atom is 0.240 e. The van der Waals surface area contributed by atoms with Crippen molar-refractivity contribution in [1.29, 1.82) is 0 Å². The van der Waals surface area contributed by atoms with E-state index >= 15 is 0 Å². The van der Waals surface area contributed by atoms with Gasteiger partial charge in [-0.25, -0.2) is 4.98 Å². The molecule has 2 aromatic rings. The van der Waals surface area contributed by atoms with Crippen molar-refractivity contribution in [2.24, 2.45) is 0 Å². The molecule has 0 aromatic carbocycles. The first kappa shape index (κ1) is 14.5. The van der Waals surface area contributed by atoms with Crippen LogP contribution in [0.2, 0.25) is 0 Å². The molecule has 0 atom stereocenters. The van der Waals surface area contributed by atoms with Gasteiger partial charge in [0, 0.05) is 29.6 Å². The normalized spacial score (nSPS) is 10.8. The smallest absolute Gasteiger partial charge is 0.240 e. The summed E-state index contributed by atoms with van der Waals surface area (Å²) in [5, 5.41) is 10.4. The zero-order valence-corrected chi connectivity index (χ0v) is 12.6. The minimum atomic E-state index is 0.553. The number of aryl methyl sites for hydroxylation is 3. The van der Waals surface area contributed by atoms with Crippen molar-refractivity contribution in [3.8, 4) is 11.8 Å². The third kappa shape index (κ3) is 3.57. The Hall–Kier alpha value is -1.88. The lowest BCUT2D eigenvalue weighted by molar-refractivity contribution is 0.432. The molecule has 108 valence electrons. The van der Waals surface area contributed by atoms with Crippen molar-refractivity contribution in [3.63, 3.8) is 0 Å². The van der Waals surface area contributed by atoms with Crippen LogP contribution in [0.15, 0.2) is 12.1 Å². The van der Waals surface area contributed by atoms with Gasteiger partial charge >= 0.3 is 0 Å². The molecule has 2 rings (SSSR count). The highest BCUT2D eigenvalue weighted by molar-refractivity contribution is 5.37. The fourth-order valence-electron chi connectivity index (χ4n) is 2.06. The van der Waals surface area contributed by atoms with Gasteiger partial charge in [0.25, 0.3) is 0 Å². The van der Waals surface area contributed by atoms with Crippen LogP contribution in [0.3, 0.4) is 0 Å². The van der Waals surface area contributed by atoms with E-state index in [4.69, 9.17) is 4.74 Å². The lowest BCUT2D eigenvalue weighted by Gasteiger charge is -2.13. The first-order valence-corrected chi connectivity index (χ1v) is 6.98. The first-order chi connectivity index (χ1) is 9.60. The number of aromatic nitrogens is 3. The van der Waals surface area contributed by atoms with Crippen molar-refractivity contribution in [1.82, 2.24) is 20.5 Å². The number of aromatic amines is 1. The molecule has 0 fully saturated rings. The van der Waals surface area contributed by atoms with E-state index in [1.165, 1.54) is 5.56 Å². The van der Waals surface area contributed by atoms with Gasteiger partial charge in [-0.1, -0.05) is 6.92 Å². The third-order valence-electron chi connectivity index (χ3n) is 3.05. The molecule has 2 N–H and O–H groups in total. The SMILES string of the molecule is CCCNCc1c(C)cc(C)nc1Oc1cc(C)[nH]n1. The number of hydrogen-bond donors (Lipinski definition) is 2. The van der Waals surface area contributed by atoms with Gasteiger partial charge in [0.2, 0.25) is 11.8 Å². The van der Waals surface area contributed by atoms with Crippen LogP contribution in [0.1, 0.15) is 35.9 Å². The van der Waals surface area contributed by atoms with Crippen LogP contribution in [-0.2, 0) is 6.54 Å². The molecule has 0 amide bonds. The fraction of sp³-hybridized carbons (Fsp3) is 0.467. The Kier molecular flexibility index (Phi) is 4.74. The van der Waals surface area contributed by atoms with Gasteiger partial charge in [-0.05, 0) is 45.4 Å². The Morgan fingerprint density at radius 3 is 2.70 bits per heavy atom. The molecule has 5 nitrogen and oxygen atoms in total. The highest BCUT2D eigenvalue weighted by Crippen LogP contribution is 2.25. The fourth-order valence-corrected chi connectivity index (χ4v) is 2.06. The second-order valence-electron chi connectivity index (χ2n) is 5.03. The Bertz CT molecular complexity index is 577. The molecule has 0 saturated carbocycles. The van der Waals surface area contributed by atoms with Crippen LogP contribution in [0.4, 0.5) is 0 Å². The largest absolute Gasteiger partial charge is 0.419 e. The molecular weight excluding hydrogens is 252 g/mol. The van der Waals surface area contributed by atoms with E-state index in [2.05, 4.69) is 40.4 Å². The third-order valence-corrected chi connectivity index (χ3v) is 3.05. The Morgan fingerprint density at radius 2 is 2.05 bits per heavy atom. The van der Waals surface area contributed by atoms with E-state index in [0.29, 0.717) is 11.8 Å². The maximum atomic E-state index is 5.83. The summed E-state index contributed by atoms with van der Waals surface area (Å²) in [4.78, 5) is 4.50. The molecule has 2 aromatic heterocycles. The van der Waals surface area contributed by atoms with Crippen molar-refractivity contribution >= 4 is 0 Å². The van der Waals surface area contributed by atoms with E-state index in [9.17, 15) is 0 Å². The topological polar surface area (TPSA) is 62.8 Å². The number of hydrogen-bond acceptors (Lipinski definition) is 4. The van der Waals surface area contributed by atoms with E-state index in [0.717, 1.165) is 36.5 Å². The molecule has 0 aliphatic carbocycles. The molecule has 0 saturated heterocycles. The number of H-pyrrole nitrogens is 1. The number of nitrogens with zero attached hydrogens (tertiary/aromatic N) is 2. The predicted molar refractivity (Wildman–Crippen MR) is 79.1 cm³/mol. The van der Waals surface area contributed by atoms with Gasteiger partial charge in [0.1, 0.15) is 0 Å². The molecule has 0 aliphatic rings. The average molecular weight is 274 g/mol. The van der Waals surface area contributed by atoms with Crippen LogP contribution in [0, 0.1) is 20.8 Å². The standard InChI is InChI=1S/C15H22N4O/c1-5-6-16-9-13-10(2)7-11(3)17-15(13)20-14-8-12(4)18-19-14/h7-8,16H,5-6,9H2,1-4H3,(H,18,19). The van der Waals surface area contributed by atoms with E-state index < -0.39 is 0 Å². The van der Waals surface area contributed by atoms with Crippen molar-refractivity contribution in [3.05, 3.63) is 34.6 Å². The quantitative estimate of drug-likeness (QED) is 0.795. The number of nitrogens with one attached hydrogen (secondary N) is 2. The highest BCUT2D eigenvalue weighted by Gasteiger charge is 2.12. The Balaban J connectivity index is 2.24. The number of ether oxygens (including phenoxy) is 1. The monoisotopic (exact) mass is 274 g/mol. The summed E-state index contributed by atoms with van der Waals surface area (Å²) in [7, 11) is 0. The minimum absolute atomic E-state index is 0.553. The lowest BCUT2D eigenvalue weighted by atomic mass is 10.1. The first-order valence-electron chi connectivity index (χ1n) is 6.98. The lowest BCUT2D eigenvalue weighted by Crippen LogP contribution is -2.16. The van der Waals surface area contributed by atoms with Gasteiger partial charge in [-0.2, -0.15) is 0 Å². The van der Waals surface area contributed by atoms with Crippen LogP contribution >= 0.6 is 0 Å². The van der Waals surface area contributed by atoms with E-state index in [-0.39, 0.29) is 0 Å². The number of rotatable bonds is 6. The minimum Gasteiger partial charge on any atom is -0.419 e. The number of pyridine rings is 1. The summed E-state index contributed by atoms with van der Waals surface area (Å²) in [5.41, 5.74) is 4.19. The molecule has 0 unspecified atom stereocenters. The van der Waals surface area contributed by atoms with E-state index in [1.807, 2.05) is 19.9 Å². The molecular formula is C15H22N4O. The molecule has 2 heterocycles. The Morgan fingerprint density at radius 1 is 1.25 bits per heavy atom. The van der Waals surface area contributed by atoms with Crippen LogP contribution in [-0.4, -0.2) is 21.7 Å². The van der Waals surface area contributed by atoms with Crippen molar-refractivity contribution in [2.75, 3.05) is 6.54 Å². The predicted octanol–water partition coefficient (Wildman–Crippen LogP) is 3.02. The summed E-state index contributed by atoms with van der Waals surface area (Å²) in [5.74, 6) is 1.19. The zero-order valence-electron chi connectivity index (χ0n) is 12.6. The molecule has 0 bridgehead atoms. The zero-order chi connectivity index (χ0) is 14.5. The van der Waals surface area contributed by atoms with Crippen molar-refractivity contribution < 1.29 is 4.74 Å². The second kappa shape index (κ2) is 6.52. The van der Waals surface area contributed by atoms with Gasteiger partial charge in [0.05, 0.1) is 0 Å². The summed E-state index contributed by atoms with van der Waals surface area (Å²) in [6.07, 6.45) is 1.10. The van der Waals surface area contributed by atoms with Crippen LogP contribution in [0.5, 0.6) is 11.8 Å². The molecule has 0 spiro atoms. The second-order valence-corrected chi connectivity index (χ2v) is 5.03. The van der Waals surface area contributed by atoms with Crippen LogP contribution in [0.25, 0.3) is 0 Å². The summed E-state index contributed by atoms with van der Waals surface area (Å²) < 4.78 is 5.83. The molecule has 0 aliphatic heterocycles. The van der Waals surface area contributed by atoms with Gasteiger partial charge in [-0.3, -0.25) is 5.10 Å². The summed E-state index contributed by atoms with van der Waals surface area (Å²) >= 11 is 0. The average Bonchev–Trinajstić information content (AvgIpc) is 2.78.